The molecule has 6 heteroatoms. The number of hydrogen-bond acceptors (Lipinski definition) is 4. The first-order valence-electron chi connectivity index (χ1n) is 6.08. The molecule has 0 aliphatic carbocycles. The number of amides is 1. The molecule has 1 aromatic carbocycles. The van der Waals surface area contributed by atoms with Crippen LogP contribution in [0.4, 0.5) is 5.69 Å². The summed E-state index contributed by atoms with van der Waals surface area (Å²) in [5, 5.41) is 2.73. The van der Waals surface area contributed by atoms with Gasteiger partial charge in [0.1, 0.15) is 5.76 Å². The Hall–Kier alpha value is -1.95. The van der Waals surface area contributed by atoms with Crippen molar-refractivity contribution in [2.45, 2.75) is 19.6 Å². The number of benzene rings is 1. The van der Waals surface area contributed by atoms with Gasteiger partial charge in [-0.15, -0.1) is 0 Å². The van der Waals surface area contributed by atoms with Crippen LogP contribution in [0, 0.1) is 0 Å². The van der Waals surface area contributed by atoms with Gasteiger partial charge in [-0.25, -0.2) is 0 Å². The lowest BCUT2D eigenvalue weighted by Crippen LogP contribution is -2.36. The van der Waals surface area contributed by atoms with Crippen LogP contribution in [-0.4, -0.2) is 12.0 Å². The summed E-state index contributed by atoms with van der Waals surface area (Å²) in [7, 11) is 0. The number of nitrogens with two attached hydrogens (primary N) is 1. The molecule has 0 saturated carbocycles. The predicted molar refractivity (Wildman–Crippen MR) is 79.2 cm³/mol. The second kappa shape index (κ2) is 6.47. The quantitative estimate of drug-likeness (QED) is 0.821. The Bertz CT molecular complexity index is 564. The van der Waals surface area contributed by atoms with E-state index in [-0.39, 0.29) is 5.91 Å². The summed E-state index contributed by atoms with van der Waals surface area (Å²) in [5.74, 6) is 0.913. The van der Waals surface area contributed by atoms with Gasteiger partial charge in [0.05, 0.1) is 23.0 Å². The first-order valence-corrected chi connectivity index (χ1v) is 6.88. The molecular weight excluding hydrogens is 324 g/mol. The number of anilines is 1. The van der Waals surface area contributed by atoms with Gasteiger partial charge < -0.3 is 20.2 Å². The second-order valence-electron chi connectivity index (χ2n) is 4.22. The fraction of sp³-hybridized carbons (Fsp3) is 0.214. The molecule has 0 saturated heterocycles. The number of rotatable bonds is 5. The molecule has 2 aromatic rings. The maximum atomic E-state index is 11.9. The van der Waals surface area contributed by atoms with E-state index in [0.29, 0.717) is 28.2 Å². The lowest BCUT2D eigenvalue weighted by molar-refractivity contribution is -0.127. The molecule has 1 atom stereocenters. The van der Waals surface area contributed by atoms with Crippen LogP contribution in [0.5, 0.6) is 5.75 Å². The number of carbonyl (C=O) groups is 1. The van der Waals surface area contributed by atoms with E-state index < -0.39 is 6.10 Å². The third-order valence-corrected chi connectivity index (χ3v) is 3.30. The summed E-state index contributed by atoms with van der Waals surface area (Å²) < 4.78 is 11.4. The third-order valence-electron chi connectivity index (χ3n) is 2.68. The maximum absolute atomic E-state index is 11.9. The largest absolute Gasteiger partial charge is 0.478 e. The van der Waals surface area contributed by atoms with Crippen LogP contribution < -0.4 is 15.8 Å². The Kier molecular flexibility index (Phi) is 4.68. The number of para-hydroxylation sites is 1. The van der Waals surface area contributed by atoms with Gasteiger partial charge in [-0.2, -0.15) is 0 Å². The van der Waals surface area contributed by atoms with E-state index in [1.165, 1.54) is 0 Å². The van der Waals surface area contributed by atoms with Gasteiger partial charge in [0.15, 0.2) is 11.9 Å². The minimum atomic E-state index is -0.661. The molecule has 1 aromatic heterocycles. The van der Waals surface area contributed by atoms with E-state index in [2.05, 4.69) is 21.2 Å². The summed E-state index contributed by atoms with van der Waals surface area (Å²) in [5.41, 5.74) is 6.30. The highest BCUT2D eigenvalue weighted by Gasteiger charge is 2.17. The van der Waals surface area contributed by atoms with Crippen LogP contribution in [0.3, 0.4) is 0 Å². The molecule has 1 heterocycles. The van der Waals surface area contributed by atoms with E-state index in [1.807, 2.05) is 0 Å². The minimum absolute atomic E-state index is 0.239. The molecule has 0 aliphatic heterocycles. The molecular formula is C14H15BrN2O3. The summed E-state index contributed by atoms with van der Waals surface area (Å²) in [4.78, 5) is 11.9. The van der Waals surface area contributed by atoms with Crippen molar-refractivity contribution in [1.29, 1.82) is 0 Å². The first-order chi connectivity index (χ1) is 9.58. The molecule has 20 heavy (non-hydrogen) atoms. The average Bonchev–Trinajstić information content (AvgIpc) is 2.93. The number of nitrogen functional groups attached to an aromatic ring is 1. The van der Waals surface area contributed by atoms with Crippen molar-refractivity contribution in [3.63, 3.8) is 0 Å². The lowest BCUT2D eigenvalue weighted by atomic mass is 10.3. The van der Waals surface area contributed by atoms with Crippen molar-refractivity contribution in [3.8, 4) is 5.75 Å². The smallest absolute Gasteiger partial charge is 0.261 e. The third kappa shape index (κ3) is 3.54. The van der Waals surface area contributed by atoms with Gasteiger partial charge in [0.2, 0.25) is 0 Å². The summed E-state index contributed by atoms with van der Waals surface area (Å²) >= 11 is 3.34. The number of halogens is 1. The van der Waals surface area contributed by atoms with Crippen molar-refractivity contribution in [3.05, 3.63) is 46.8 Å². The fourth-order valence-electron chi connectivity index (χ4n) is 1.61. The van der Waals surface area contributed by atoms with Crippen molar-refractivity contribution < 1.29 is 13.9 Å². The number of ether oxygens (including phenoxy) is 1. The average molecular weight is 339 g/mol. The Morgan fingerprint density at radius 3 is 2.90 bits per heavy atom. The van der Waals surface area contributed by atoms with Gasteiger partial charge in [0.25, 0.3) is 5.91 Å². The van der Waals surface area contributed by atoms with Crippen LogP contribution in [0.2, 0.25) is 0 Å². The van der Waals surface area contributed by atoms with E-state index >= 15 is 0 Å². The van der Waals surface area contributed by atoms with Crippen LogP contribution in [0.1, 0.15) is 12.7 Å². The summed E-state index contributed by atoms with van der Waals surface area (Å²) in [6.07, 6.45) is 0.898. The van der Waals surface area contributed by atoms with E-state index in [4.69, 9.17) is 14.9 Å². The molecule has 1 unspecified atom stereocenters. The zero-order chi connectivity index (χ0) is 14.5. The monoisotopic (exact) mass is 338 g/mol. The lowest BCUT2D eigenvalue weighted by Gasteiger charge is -2.16. The Morgan fingerprint density at radius 2 is 2.25 bits per heavy atom. The van der Waals surface area contributed by atoms with E-state index in [1.54, 1.807) is 43.5 Å². The van der Waals surface area contributed by atoms with E-state index in [9.17, 15) is 4.79 Å². The van der Waals surface area contributed by atoms with Crippen LogP contribution >= 0.6 is 15.9 Å². The van der Waals surface area contributed by atoms with Crippen LogP contribution in [-0.2, 0) is 11.3 Å². The highest BCUT2D eigenvalue weighted by molar-refractivity contribution is 9.10. The van der Waals surface area contributed by atoms with Crippen LogP contribution in [0.25, 0.3) is 0 Å². The SMILES string of the molecule is CC(Oc1c(N)cccc1Br)C(=O)NCc1ccco1. The van der Waals surface area contributed by atoms with Crippen molar-refractivity contribution >= 4 is 27.5 Å². The zero-order valence-corrected chi connectivity index (χ0v) is 12.5. The molecule has 0 bridgehead atoms. The molecule has 3 N–H and O–H groups in total. The molecule has 0 fully saturated rings. The predicted octanol–water partition coefficient (Wildman–Crippen LogP) is 2.71. The highest BCUT2D eigenvalue weighted by Crippen LogP contribution is 2.31. The second-order valence-corrected chi connectivity index (χ2v) is 5.07. The van der Waals surface area contributed by atoms with Gasteiger partial charge >= 0.3 is 0 Å². The van der Waals surface area contributed by atoms with Crippen molar-refractivity contribution in [2.75, 3.05) is 5.73 Å². The van der Waals surface area contributed by atoms with Gasteiger partial charge in [-0.3, -0.25) is 4.79 Å². The summed E-state index contributed by atoms with van der Waals surface area (Å²) in [6.45, 7) is 1.99. The fourth-order valence-corrected chi connectivity index (χ4v) is 2.09. The van der Waals surface area contributed by atoms with Crippen LogP contribution in [0.15, 0.2) is 45.5 Å². The molecule has 2 rings (SSSR count). The standard InChI is InChI=1S/C14H15BrN2O3/c1-9(14(18)17-8-10-4-3-7-19-10)20-13-11(15)5-2-6-12(13)16/h2-7,9H,8,16H2,1H3,(H,17,18). The molecule has 1 amide bonds. The number of furan rings is 1. The number of carbonyl (C=O) groups excluding carboxylic acids is 1. The maximum Gasteiger partial charge on any atom is 0.261 e. The zero-order valence-electron chi connectivity index (χ0n) is 10.9. The van der Waals surface area contributed by atoms with Gasteiger partial charge in [-0.1, -0.05) is 6.07 Å². The van der Waals surface area contributed by atoms with Crippen molar-refractivity contribution in [2.24, 2.45) is 0 Å². The number of nitrogens with one attached hydrogen (secondary N) is 1. The Labute approximate surface area is 125 Å². The topological polar surface area (TPSA) is 77.5 Å². The van der Waals surface area contributed by atoms with Gasteiger partial charge in [-0.05, 0) is 47.1 Å². The highest BCUT2D eigenvalue weighted by atomic mass is 79.9. The normalized spacial score (nSPS) is 11.9. The molecule has 5 nitrogen and oxygen atoms in total. The molecule has 106 valence electrons. The minimum Gasteiger partial charge on any atom is -0.478 e. The summed E-state index contributed by atoms with van der Waals surface area (Å²) in [6, 6.07) is 8.88. The van der Waals surface area contributed by atoms with Gasteiger partial charge in [0, 0.05) is 0 Å². The van der Waals surface area contributed by atoms with Crippen molar-refractivity contribution in [1.82, 2.24) is 5.32 Å². The first kappa shape index (κ1) is 14.5. The molecule has 0 spiro atoms. The van der Waals surface area contributed by atoms with E-state index in [0.717, 1.165) is 0 Å². The number of hydrogen-bond donors (Lipinski definition) is 2. The molecule has 0 radical (unpaired) electrons. The molecule has 0 aliphatic rings. The Balaban J connectivity index is 1.94. The Morgan fingerprint density at radius 1 is 1.45 bits per heavy atom.